The lowest BCUT2D eigenvalue weighted by atomic mass is 10.1. The predicted molar refractivity (Wildman–Crippen MR) is 121 cm³/mol. The molecule has 1 aromatic rings. The number of carboxylic acid groups (broad SMARTS) is 1. The van der Waals surface area contributed by atoms with Crippen molar-refractivity contribution in [2.75, 3.05) is 5.75 Å². The minimum absolute atomic E-state index is 0.0660. The zero-order valence-electron chi connectivity index (χ0n) is 18.0. The van der Waals surface area contributed by atoms with Crippen molar-refractivity contribution in [2.45, 2.75) is 50.4 Å². The summed E-state index contributed by atoms with van der Waals surface area (Å²) in [7, 11) is 0. The number of nitrogens with one attached hydrogen (secondary N) is 3. The Morgan fingerprint density at radius 3 is 2.03 bits per heavy atom. The largest absolute Gasteiger partial charge is 0.508 e. The molecule has 0 saturated heterocycles. The van der Waals surface area contributed by atoms with E-state index in [4.69, 9.17) is 16.6 Å². The maximum atomic E-state index is 12.7. The standard InChI is InChI=1S/C20H29N5O7S/c1-10(20(31)32)23-18(29)14(6-7-16(22)27)24-19(30)15(9-33)25-17(28)13(21)8-11-2-4-12(26)5-3-11/h2-5,10,13-15,26,33H,6-9,21H2,1H3,(H2,22,27)(H,23,29)(H,24,30)(H,25,28)(H,31,32). The Morgan fingerprint density at radius 1 is 0.970 bits per heavy atom. The van der Waals surface area contributed by atoms with Gasteiger partial charge in [0.2, 0.25) is 23.6 Å². The summed E-state index contributed by atoms with van der Waals surface area (Å²) in [5.74, 6) is -4.31. The number of carbonyl (C=O) groups excluding carboxylic acids is 4. The van der Waals surface area contributed by atoms with Crippen LogP contribution in [0.25, 0.3) is 0 Å². The van der Waals surface area contributed by atoms with Crippen LogP contribution in [0, 0.1) is 0 Å². The molecule has 0 aliphatic heterocycles. The van der Waals surface area contributed by atoms with Crippen LogP contribution in [0.15, 0.2) is 24.3 Å². The summed E-state index contributed by atoms with van der Waals surface area (Å²) in [6.07, 6.45) is -0.272. The maximum absolute atomic E-state index is 12.7. The lowest BCUT2D eigenvalue weighted by Crippen LogP contribution is -2.57. The van der Waals surface area contributed by atoms with Gasteiger partial charge in [0.1, 0.15) is 23.9 Å². The Balaban J connectivity index is 2.79. The number of benzene rings is 1. The van der Waals surface area contributed by atoms with E-state index < -0.39 is 53.8 Å². The molecule has 0 bridgehead atoms. The average Bonchev–Trinajstić information content (AvgIpc) is 2.75. The van der Waals surface area contributed by atoms with Crippen molar-refractivity contribution in [2.24, 2.45) is 11.5 Å². The number of amides is 4. The molecule has 4 atom stereocenters. The fourth-order valence-corrected chi connectivity index (χ4v) is 2.91. The molecule has 9 N–H and O–H groups in total. The van der Waals surface area contributed by atoms with E-state index in [0.717, 1.165) is 0 Å². The van der Waals surface area contributed by atoms with Crippen LogP contribution in [0.3, 0.4) is 0 Å². The molecule has 1 aromatic carbocycles. The van der Waals surface area contributed by atoms with E-state index in [2.05, 4.69) is 28.6 Å². The molecular formula is C20H29N5O7S. The summed E-state index contributed by atoms with van der Waals surface area (Å²) in [6.45, 7) is 1.24. The molecule has 12 nitrogen and oxygen atoms in total. The van der Waals surface area contributed by atoms with E-state index in [9.17, 15) is 29.1 Å². The van der Waals surface area contributed by atoms with Crippen molar-refractivity contribution in [3.05, 3.63) is 29.8 Å². The normalized spacial score (nSPS) is 14.3. The number of hydrogen-bond acceptors (Lipinski definition) is 8. The highest BCUT2D eigenvalue weighted by atomic mass is 32.1. The van der Waals surface area contributed by atoms with E-state index in [1.54, 1.807) is 12.1 Å². The smallest absolute Gasteiger partial charge is 0.325 e. The van der Waals surface area contributed by atoms with Gasteiger partial charge < -0.3 is 37.6 Å². The van der Waals surface area contributed by atoms with Crippen molar-refractivity contribution in [1.82, 2.24) is 16.0 Å². The van der Waals surface area contributed by atoms with Gasteiger partial charge in [-0.15, -0.1) is 0 Å². The molecule has 0 aromatic heterocycles. The molecule has 0 spiro atoms. The molecule has 1 rings (SSSR count). The number of hydrogen-bond donors (Lipinski definition) is 8. The van der Waals surface area contributed by atoms with Crippen LogP contribution >= 0.6 is 12.6 Å². The number of rotatable bonds is 13. The van der Waals surface area contributed by atoms with E-state index in [-0.39, 0.29) is 30.8 Å². The summed E-state index contributed by atoms with van der Waals surface area (Å²) in [5, 5.41) is 25.3. The van der Waals surface area contributed by atoms with Crippen LogP contribution in [0.2, 0.25) is 0 Å². The van der Waals surface area contributed by atoms with Crippen LogP contribution in [-0.4, -0.2) is 69.7 Å². The first-order valence-electron chi connectivity index (χ1n) is 10.0. The van der Waals surface area contributed by atoms with Gasteiger partial charge in [0.15, 0.2) is 0 Å². The number of phenolic OH excluding ortho intramolecular Hbond substituents is 1. The van der Waals surface area contributed by atoms with Gasteiger partial charge in [-0.05, 0) is 37.5 Å². The fourth-order valence-electron chi connectivity index (χ4n) is 2.65. The van der Waals surface area contributed by atoms with Crippen LogP contribution in [-0.2, 0) is 30.4 Å². The van der Waals surface area contributed by atoms with Gasteiger partial charge in [-0.1, -0.05) is 12.1 Å². The van der Waals surface area contributed by atoms with Gasteiger partial charge in [-0.2, -0.15) is 12.6 Å². The topological polar surface area (TPSA) is 214 Å². The molecule has 0 radical (unpaired) electrons. The number of aliphatic carboxylic acids is 1. The second kappa shape index (κ2) is 13.3. The number of primary amides is 1. The number of phenols is 1. The lowest BCUT2D eigenvalue weighted by Gasteiger charge is -2.23. The molecule has 0 aliphatic rings. The summed E-state index contributed by atoms with van der Waals surface area (Å²) in [4.78, 5) is 59.6. The number of nitrogens with two attached hydrogens (primary N) is 2. The number of thiol groups is 1. The van der Waals surface area contributed by atoms with Crippen LogP contribution in [0.5, 0.6) is 5.75 Å². The van der Waals surface area contributed by atoms with E-state index in [1.807, 2.05) is 0 Å². The molecule has 13 heteroatoms. The van der Waals surface area contributed by atoms with Crippen LogP contribution in [0.4, 0.5) is 0 Å². The second-order valence-corrected chi connectivity index (χ2v) is 7.72. The lowest BCUT2D eigenvalue weighted by molar-refractivity contribution is -0.142. The zero-order chi connectivity index (χ0) is 25.1. The van der Waals surface area contributed by atoms with Crippen molar-refractivity contribution < 1.29 is 34.2 Å². The van der Waals surface area contributed by atoms with E-state index in [1.165, 1.54) is 19.1 Å². The Hall–Kier alpha value is -3.32. The van der Waals surface area contributed by atoms with Crippen molar-refractivity contribution in [3.63, 3.8) is 0 Å². The highest BCUT2D eigenvalue weighted by molar-refractivity contribution is 7.80. The summed E-state index contributed by atoms with van der Waals surface area (Å²) in [5.41, 5.74) is 11.7. The van der Waals surface area contributed by atoms with Crippen molar-refractivity contribution in [1.29, 1.82) is 0 Å². The quantitative estimate of drug-likeness (QED) is 0.147. The fraction of sp³-hybridized carbons (Fsp3) is 0.450. The number of aromatic hydroxyl groups is 1. The molecule has 33 heavy (non-hydrogen) atoms. The van der Waals surface area contributed by atoms with Gasteiger partial charge >= 0.3 is 5.97 Å². The van der Waals surface area contributed by atoms with Gasteiger partial charge in [0, 0.05) is 12.2 Å². The molecule has 0 saturated carbocycles. The third kappa shape index (κ3) is 9.78. The Morgan fingerprint density at radius 2 is 1.52 bits per heavy atom. The maximum Gasteiger partial charge on any atom is 0.325 e. The Bertz CT molecular complexity index is 865. The molecular weight excluding hydrogens is 454 g/mol. The monoisotopic (exact) mass is 483 g/mol. The number of carboxylic acids is 1. The van der Waals surface area contributed by atoms with Gasteiger partial charge in [-0.25, -0.2) is 0 Å². The van der Waals surface area contributed by atoms with Gasteiger partial charge in [0.05, 0.1) is 6.04 Å². The minimum Gasteiger partial charge on any atom is -0.508 e. The molecule has 4 unspecified atom stereocenters. The average molecular weight is 484 g/mol. The molecule has 0 fully saturated rings. The van der Waals surface area contributed by atoms with Crippen molar-refractivity contribution >= 4 is 42.2 Å². The molecule has 4 amide bonds. The summed E-state index contributed by atoms with van der Waals surface area (Å²) < 4.78 is 0. The van der Waals surface area contributed by atoms with Gasteiger partial charge in [-0.3, -0.25) is 24.0 Å². The SMILES string of the molecule is CC(NC(=O)C(CCC(N)=O)NC(=O)C(CS)NC(=O)C(N)Cc1ccc(O)cc1)C(=O)O. The first kappa shape index (κ1) is 27.7. The Kier molecular flexibility index (Phi) is 11.2. The third-order valence-corrected chi connectivity index (χ3v) is 4.95. The molecule has 0 aliphatic carbocycles. The van der Waals surface area contributed by atoms with E-state index >= 15 is 0 Å². The summed E-state index contributed by atoms with van der Waals surface area (Å²) in [6, 6.07) is 1.44. The highest BCUT2D eigenvalue weighted by Crippen LogP contribution is 2.11. The van der Waals surface area contributed by atoms with E-state index in [0.29, 0.717) is 5.56 Å². The minimum atomic E-state index is -1.29. The van der Waals surface area contributed by atoms with Crippen LogP contribution < -0.4 is 27.4 Å². The van der Waals surface area contributed by atoms with Crippen LogP contribution in [0.1, 0.15) is 25.3 Å². The first-order valence-corrected chi connectivity index (χ1v) is 10.6. The molecule has 0 heterocycles. The predicted octanol–water partition coefficient (Wildman–Crippen LogP) is -1.98. The summed E-state index contributed by atoms with van der Waals surface area (Å²) >= 11 is 4.05. The van der Waals surface area contributed by atoms with Crippen molar-refractivity contribution in [3.8, 4) is 5.75 Å². The zero-order valence-corrected chi connectivity index (χ0v) is 18.9. The number of carbonyl (C=O) groups is 5. The Labute approximate surface area is 195 Å². The first-order chi connectivity index (χ1) is 15.4. The second-order valence-electron chi connectivity index (χ2n) is 7.36. The third-order valence-electron chi connectivity index (χ3n) is 4.59. The molecule has 182 valence electrons. The van der Waals surface area contributed by atoms with Gasteiger partial charge in [0.25, 0.3) is 0 Å². The highest BCUT2D eigenvalue weighted by Gasteiger charge is 2.29.